The van der Waals surface area contributed by atoms with E-state index in [9.17, 15) is 4.79 Å². The molecule has 3 rings (SSSR count). The number of anilines is 1. The summed E-state index contributed by atoms with van der Waals surface area (Å²) in [5, 5.41) is 0. The molecule has 1 heterocycles. The van der Waals surface area contributed by atoms with Gasteiger partial charge in [-0.15, -0.1) is 0 Å². The summed E-state index contributed by atoms with van der Waals surface area (Å²) in [6, 6.07) is 15.6. The van der Waals surface area contributed by atoms with Crippen LogP contribution in [0.1, 0.15) is 18.0 Å². The third-order valence-electron chi connectivity index (χ3n) is 3.44. The number of nitrogens with two attached hydrogens (primary N) is 1. The van der Waals surface area contributed by atoms with Crippen LogP contribution in [0.25, 0.3) is 11.0 Å². The lowest BCUT2D eigenvalue weighted by Crippen LogP contribution is -2.10. The van der Waals surface area contributed by atoms with Crippen molar-refractivity contribution in [3.8, 4) is 0 Å². The van der Waals surface area contributed by atoms with Crippen LogP contribution in [0.2, 0.25) is 0 Å². The van der Waals surface area contributed by atoms with Gasteiger partial charge in [0, 0.05) is 12.1 Å². The van der Waals surface area contributed by atoms with Gasteiger partial charge in [-0.1, -0.05) is 30.3 Å². The highest BCUT2D eigenvalue weighted by Gasteiger charge is 2.15. The minimum Gasteiger partial charge on any atom is -0.399 e. The van der Waals surface area contributed by atoms with Gasteiger partial charge in [-0.2, -0.15) is 0 Å². The number of benzene rings is 2. The summed E-state index contributed by atoms with van der Waals surface area (Å²) in [7, 11) is 0. The van der Waals surface area contributed by atoms with Crippen LogP contribution in [0.4, 0.5) is 5.69 Å². The Morgan fingerprint density at radius 3 is 2.75 bits per heavy atom. The molecular formula is C16H15N3O. The molecule has 0 aliphatic heterocycles. The van der Waals surface area contributed by atoms with Gasteiger partial charge in [-0.05, 0) is 23.8 Å². The van der Waals surface area contributed by atoms with E-state index in [4.69, 9.17) is 5.73 Å². The van der Waals surface area contributed by atoms with Crippen LogP contribution < -0.4 is 5.73 Å². The van der Waals surface area contributed by atoms with Crippen LogP contribution in [0.15, 0.2) is 54.9 Å². The molecular weight excluding hydrogens is 250 g/mol. The average molecular weight is 265 g/mol. The zero-order valence-corrected chi connectivity index (χ0v) is 10.9. The monoisotopic (exact) mass is 265 g/mol. The van der Waals surface area contributed by atoms with Gasteiger partial charge in [0.2, 0.25) is 0 Å². The highest BCUT2D eigenvalue weighted by atomic mass is 16.1. The van der Waals surface area contributed by atoms with Gasteiger partial charge in [0.1, 0.15) is 6.29 Å². The molecule has 0 radical (unpaired) electrons. The first-order valence-electron chi connectivity index (χ1n) is 6.50. The summed E-state index contributed by atoms with van der Waals surface area (Å²) in [6.45, 7) is 0. The van der Waals surface area contributed by atoms with Crippen molar-refractivity contribution in [2.75, 3.05) is 5.73 Å². The maximum Gasteiger partial charge on any atom is 0.122 e. The van der Waals surface area contributed by atoms with E-state index in [0.717, 1.165) is 22.9 Å². The Hall–Kier alpha value is -2.62. The van der Waals surface area contributed by atoms with E-state index in [2.05, 4.69) is 4.98 Å². The largest absolute Gasteiger partial charge is 0.399 e. The number of fused-ring (bicyclic) bond motifs is 1. The quantitative estimate of drug-likeness (QED) is 0.583. The van der Waals surface area contributed by atoms with Gasteiger partial charge in [0.05, 0.1) is 23.4 Å². The summed E-state index contributed by atoms with van der Waals surface area (Å²) in [4.78, 5) is 15.4. The van der Waals surface area contributed by atoms with Crippen LogP contribution in [0.3, 0.4) is 0 Å². The van der Waals surface area contributed by atoms with E-state index < -0.39 is 0 Å². The number of aromatic nitrogens is 2. The highest BCUT2D eigenvalue weighted by Crippen LogP contribution is 2.26. The molecule has 2 N–H and O–H groups in total. The molecule has 0 fully saturated rings. The lowest BCUT2D eigenvalue weighted by Gasteiger charge is -2.17. The van der Waals surface area contributed by atoms with E-state index >= 15 is 0 Å². The van der Waals surface area contributed by atoms with Crippen LogP contribution >= 0.6 is 0 Å². The molecule has 0 saturated carbocycles. The van der Waals surface area contributed by atoms with Crippen molar-refractivity contribution in [1.82, 2.24) is 9.55 Å². The molecule has 1 atom stereocenters. The number of imidazole rings is 1. The molecule has 0 bridgehead atoms. The van der Waals surface area contributed by atoms with Gasteiger partial charge in [-0.25, -0.2) is 4.98 Å². The maximum absolute atomic E-state index is 11.0. The number of hydrogen-bond acceptors (Lipinski definition) is 3. The number of carbonyl (C=O) groups is 1. The topological polar surface area (TPSA) is 60.9 Å². The molecule has 0 spiro atoms. The standard InChI is InChI=1S/C16H15N3O/c17-13-6-7-16-14(10-13)18-11-19(16)15(8-9-20)12-4-2-1-3-5-12/h1-7,9-11,15H,8,17H2. The molecule has 0 aliphatic rings. The Kier molecular flexibility index (Phi) is 3.21. The molecule has 0 amide bonds. The van der Waals surface area contributed by atoms with E-state index in [0.29, 0.717) is 12.1 Å². The summed E-state index contributed by atoms with van der Waals surface area (Å²) in [5.74, 6) is 0. The van der Waals surface area contributed by atoms with Crippen molar-refractivity contribution >= 4 is 23.0 Å². The summed E-state index contributed by atoms with van der Waals surface area (Å²) in [5.41, 5.74) is 9.38. The third kappa shape index (κ3) is 2.16. The molecule has 2 aromatic carbocycles. The zero-order chi connectivity index (χ0) is 13.9. The van der Waals surface area contributed by atoms with E-state index in [-0.39, 0.29) is 6.04 Å². The fourth-order valence-electron chi connectivity index (χ4n) is 2.47. The minimum absolute atomic E-state index is 0.0395. The summed E-state index contributed by atoms with van der Waals surface area (Å²) < 4.78 is 2.03. The molecule has 20 heavy (non-hydrogen) atoms. The van der Waals surface area contributed by atoms with Crippen molar-refractivity contribution in [1.29, 1.82) is 0 Å². The Bertz CT molecular complexity index is 734. The minimum atomic E-state index is -0.0395. The van der Waals surface area contributed by atoms with Gasteiger partial charge >= 0.3 is 0 Å². The SMILES string of the molecule is Nc1ccc2c(c1)ncn2C(CC=O)c1ccccc1. The average Bonchev–Trinajstić information content (AvgIpc) is 2.88. The summed E-state index contributed by atoms with van der Waals surface area (Å²) >= 11 is 0. The first kappa shape index (κ1) is 12.4. The first-order chi connectivity index (χ1) is 9.79. The second-order valence-electron chi connectivity index (χ2n) is 4.73. The molecule has 0 aliphatic carbocycles. The lowest BCUT2D eigenvalue weighted by molar-refractivity contribution is -0.108. The molecule has 100 valence electrons. The van der Waals surface area contributed by atoms with Gasteiger partial charge < -0.3 is 15.1 Å². The van der Waals surface area contributed by atoms with E-state index in [1.165, 1.54) is 0 Å². The number of aldehydes is 1. The van der Waals surface area contributed by atoms with E-state index in [1.807, 2.05) is 53.1 Å². The Morgan fingerprint density at radius 2 is 2.00 bits per heavy atom. The number of rotatable bonds is 4. The number of nitrogen functional groups attached to an aromatic ring is 1. The predicted molar refractivity (Wildman–Crippen MR) is 79.4 cm³/mol. The number of nitrogens with zero attached hydrogens (tertiary/aromatic N) is 2. The second-order valence-corrected chi connectivity index (χ2v) is 4.73. The van der Waals surface area contributed by atoms with Crippen molar-refractivity contribution < 1.29 is 4.79 Å². The highest BCUT2D eigenvalue weighted by molar-refractivity contribution is 5.79. The van der Waals surface area contributed by atoms with Gasteiger partial charge in [0.25, 0.3) is 0 Å². The van der Waals surface area contributed by atoms with Crippen LogP contribution in [-0.2, 0) is 4.79 Å². The molecule has 1 unspecified atom stereocenters. The lowest BCUT2D eigenvalue weighted by atomic mass is 10.0. The van der Waals surface area contributed by atoms with Crippen molar-refractivity contribution in [2.45, 2.75) is 12.5 Å². The smallest absolute Gasteiger partial charge is 0.122 e. The fraction of sp³-hybridized carbons (Fsp3) is 0.125. The number of carbonyl (C=O) groups excluding carboxylic acids is 1. The Balaban J connectivity index is 2.12. The Labute approximate surface area is 116 Å². The molecule has 4 nitrogen and oxygen atoms in total. The fourth-order valence-corrected chi connectivity index (χ4v) is 2.47. The molecule has 1 aromatic heterocycles. The van der Waals surface area contributed by atoms with Gasteiger partial charge in [-0.3, -0.25) is 0 Å². The van der Waals surface area contributed by atoms with Crippen molar-refractivity contribution in [3.05, 3.63) is 60.4 Å². The van der Waals surface area contributed by atoms with Crippen LogP contribution in [0.5, 0.6) is 0 Å². The first-order valence-corrected chi connectivity index (χ1v) is 6.50. The Morgan fingerprint density at radius 1 is 1.20 bits per heavy atom. The van der Waals surface area contributed by atoms with Gasteiger partial charge in [0.15, 0.2) is 0 Å². The predicted octanol–water partition coefficient (Wildman–Crippen LogP) is 2.80. The molecule has 0 saturated heterocycles. The maximum atomic E-state index is 11.0. The zero-order valence-electron chi connectivity index (χ0n) is 10.9. The molecule has 4 heteroatoms. The van der Waals surface area contributed by atoms with E-state index in [1.54, 1.807) is 6.33 Å². The number of hydrogen-bond donors (Lipinski definition) is 1. The van der Waals surface area contributed by atoms with Crippen molar-refractivity contribution in [3.63, 3.8) is 0 Å². The second kappa shape index (κ2) is 5.17. The third-order valence-corrected chi connectivity index (χ3v) is 3.44. The summed E-state index contributed by atoms with van der Waals surface area (Å²) in [6.07, 6.45) is 3.13. The molecule has 3 aromatic rings. The normalized spacial score (nSPS) is 12.4. The van der Waals surface area contributed by atoms with Crippen LogP contribution in [-0.4, -0.2) is 15.8 Å². The van der Waals surface area contributed by atoms with Crippen molar-refractivity contribution in [2.24, 2.45) is 0 Å². The van der Waals surface area contributed by atoms with Crippen LogP contribution in [0, 0.1) is 0 Å².